The number of carbonyl (C=O) groups excluding carboxylic acids is 1. The van der Waals surface area contributed by atoms with Crippen LogP contribution in [0.2, 0.25) is 0 Å². The Bertz CT molecular complexity index is 520. The molecule has 0 aliphatic carbocycles. The van der Waals surface area contributed by atoms with Crippen molar-refractivity contribution < 1.29 is 4.79 Å². The zero-order chi connectivity index (χ0) is 12.8. The maximum atomic E-state index is 12.0. The molecule has 0 amide bonds. The van der Waals surface area contributed by atoms with Gasteiger partial charge in [0.2, 0.25) is 0 Å². The zero-order valence-electron chi connectivity index (χ0n) is 10.1. The lowest BCUT2D eigenvalue weighted by Gasteiger charge is -2.02. The highest BCUT2D eigenvalue weighted by Gasteiger charge is 2.05. The minimum absolute atomic E-state index is 0.215. The second-order valence-corrected chi connectivity index (χ2v) is 5.19. The molecule has 0 heterocycles. The van der Waals surface area contributed by atoms with E-state index in [9.17, 15) is 4.79 Å². The highest BCUT2D eigenvalue weighted by molar-refractivity contribution is 9.10. The van der Waals surface area contributed by atoms with E-state index in [-0.39, 0.29) is 5.78 Å². The number of hydrogen-bond acceptors (Lipinski definition) is 1. The Hall–Kier alpha value is -1.41. The van der Waals surface area contributed by atoms with Crippen molar-refractivity contribution in [2.45, 2.75) is 19.3 Å². The number of aryl methyl sites for hydroxylation is 1. The maximum Gasteiger partial charge on any atom is 0.162 e. The number of carbonyl (C=O) groups is 1. The molecule has 0 atom stereocenters. The van der Waals surface area contributed by atoms with Gasteiger partial charge in [0, 0.05) is 16.5 Å². The molecule has 0 aliphatic heterocycles. The van der Waals surface area contributed by atoms with Crippen LogP contribution in [0.25, 0.3) is 0 Å². The van der Waals surface area contributed by atoms with E-state index in [1.165, 1.54) is 5.56 Å². The van der Waals surface area contributed by atoms with E-state index < -0.39 is 0 Å². The van der Waals surface area contributed by atoms with E-state index in [0.717, 1.165) is 22.9 Å². The first-order valence-corrected chi connectivity index (χ1v) is 6.88. The van der Waals surface area contributed by atoms with Crippen LogP contribution in [-0.4, -0.2) is 5.78 Å². The SMILES string of the molecule is O=C(CCCc1ccccc1)c1cccc(Br)c1. The van der Waals surface area contributed by atoms with Crippen LogP contribution in [-0.2, 0) is 6.42 Å². The quantitative estimate of drug-likeness (QED) is 0.735. The highest BCUT2D eigenvalue weighted by atomic mass is 79.9. The molecule has 0 bridgehead atoms. The summed E-state index contributed by atoms with van der Waals surface area (Å²) >= 11 is 3.38. The highest BCUT2D eigenvalue weighted by Crippen LogP contribution is 2.14. The first kappa shape index (κ1) is 13.0. The van der Waals surface area contributed by atoms with E-state index in [2.05, 4.69) is 28.1 Å². The molecule has 0 N–H and O–H groups in total. The predicted molar refractivity (Wildman–Crippen MR) is 77.9 cm³/mol. The number of Topliss-reactive ketones (excluding diaryl/α,β-unsaturated/α-hetero) is 1. The summed E-state index contributed by atoms with van der Waals surface area (Å²) in [6.07, 6.45) is 2.46. The summed E-state index contributed by atoms with van der Waals surface area (Å²) in [4.78, 5) is 12.0. The van der Waals surface area contributed by atoms with Gasteiger partial charge in [-0.2, -0.15) is 0 Å². The predicted octanol–water partition coefficient (Wildman–Crippen LogP) is 4.65. The zero-order valence-corrected chi connectivity index (χ0v) is 11.7. The molecule has 0 saturated heterocycles. The van der Waals surface area contributed by atoms with Crippen LogP contribution in [0, 0.1) is 0 Å². The lowest BCUT2D eigenvalue weighted by molar-refractivity contribution is 0.0980. The van der Waals surface area contributed by atoms with Crippen LogP contribution in [0.5, 0.6) is 0 Å². The van der Waals surface area contributed by atoms with E-state index in [1.807, 2.05) is 42.5 Å². The van der Waals surface area contributed by atoms with Crippen LogP contribution in [0.4, 0.5) is 0 Å². The van der Waals surface area contributed by atoms with Gasteiger partial charge in [-0.3, -0.25) is 4.79 Å². The average molecular weight is 303 g/mol. The largest absolute Gasteiger partial charge is 0.294 e. The van der Waals surface area contributed by atoms with Gasteiger partial charge in [-0.1, -0.05) is 58.4 Å². The Kier molecular flexibility index (Phi) is 4.71. The van der Waals surface area contributed by atoms with Crippen molar-refractivity contribution in [3.63, 3.8) is 0 Å². The van der Waals surface area contributed by atoms with Gasteiger partial charge in [-0.25, -0.2) is 0 Å². The first-order valence-electron chi connectivity index (χ1n) is 6.08. The summed E-state index contributed by atoms with van der Waals surface area (Å²) in [5, 5.41) is 0. The standard InChI is InChI=1S/C16H15BrO/c17-15-10-5-9-14(12-15)16(18)11-4-8-13-6-2-1-3-7-13/h1-3,5-7,9-10,12H,4,8,11H2. The summed E-state index contributed by atoms with van der Waals surface area (Å²) in [7, 11) is 0. The lowest BCUT2D eigenvalue weighted by Crippen LogP contribution is -1.99. The number of rotatable bonds is 5. The van der Waals surface area contributed by atoms with Crippen LogP contribution >= 0.6 is 15.9 Å². The average Bonchev–Trinajstić information content (AvgIpc) is 2.40. The Morgan fingerprint density at radius 1 is 1.00 bits per heavy atom. The van der Waals surface area contributed by atoms with Gasteiger partial charge in [0.25, 0.3) is 0 Å². The number of ketones is 1. The van der Waals surface area contributed by atoms with Crippen molar-refractivity contribution in [2.75, 3.05) is 0 Å². The van der Waals surface area contributed by atoms with Crippen molar-refractivity contribution in [1.29, 1.82) is 0 Å². The maximum absolute atomic E-state index is 12.0. The second-order valence-electron chi connectivity index (χ2n) is 4.27. The van der Waals surface area contributed by atoms with E-state index >= 15 is 0 Å². The van der Waals surface area contributed by atoms with Crippen molar-refractivity contribution in [3.05, 3.63) is 70.2 Å². The minimum atomic E-state index is 0.215. The van der Waals surface area contributed by atoms with Crippen molar-refractivity contribution >= 4 is 21.7 Å². The molecule has 2 aromatic rings. The summed E-state index contributed by atoms with van der Waals surface area (Å²) in [6, 6.07) is 17.9. The van der Waals surface area contributed by atoms with E-state index in [1.54, 1.807) is 0 Å². The van der Waals surface area contributed by atoms with Crippen molar-refractivity contribution in [1.82, 2.24) is 0 Å². The van der Waals surface area contributed by atoms with Gasteiger partial charge < -0.3 is 0 Å². The first-order chi connectivity index (χ1) is 8.75. The van der Waals surface area contributed by atoms with Gasteiger partial charge in [0.1, 0.15) is 0 Å². The van der Waals surface area contributed by atoms with Gasteiger partial charge in [-0.15, -0.1) is 0 Å². The number of hydrogen-bond donors (Lipinski definition) is 0. The van der Waals surface area contributed by atoms with Crippen LogP contribution in [0.3, 0.4) is 0 Å². The molecule has 0 fully saturated rings. The lowest BCUT2D eigenvalue weighted by atomic mass is 10.0. The third-order valence-corrected chi connectivity index (χ3v) is 3.35. The number of halogens is 1. The Balaban J connectivity index is 1.86. The third kappa shape index (κ3) is 3.81. The van der Waals surface area contributed by atoms with Gasteiger partial charge in [0.15, 0.2) is 5.78 Å². The van der Waals surface area contributed by atoms with Crippen LogP contribution in [0.1, 0.15) is 28.8 Å². The molecule has 2 heteroatoms. The van der Waals surface area contributed by atoms with Crippen molar-refractivity contribution in [2.24, 2.45) is 0 Å². The smallest absolute Gasteiger partial charge is 0.162 e. The Morgan fingerprint density at radius 3 is 2.50 bits per heavy atom. The Morgan fingerprint density at radius 2 is 1.78 bits per heavy atom. The van der Waals surface area contributed by atoms with Crippen LogP contribution < -0.4 is 0 Å². The van der Waals surface area contributed by atoms with Crippen LogP contribution in [0.15, 0.2) is 59.1 Å². The molecule has 0 radical (unpaired) electrons. The van der Waals surface area contributed by atoms with Gasteiger partial charge in [-0.05, 0) is 30.5 Å². The van der Waals surface area contributed by atoms with Crippen molar-refractivity contribution in [3.8, 4) is 0 Å². The molecule has 1 nitrogen and oxygen atoms in total. The summed E-state index contributed by atoms with van der Waals surface area (Å²) in [6.45, 7) is 0. The molecular formula is C16H15BrO. The van der Waals surface area contributed by atoms with Gasteiger partial charge in [0.05, 0.1) is 0 Å². The summed E-state index contributed by atoms with van der Waals surface area (Å²) in [5.74, 6) is 0.215. The summed E-state index contributed by atoms with van der Waals surface area (Å²) < 4.78 is 0.955. The molecule has 92 valence electrons. The normalized spacial score (nSPS) is 10.3. The molecule has 0 aliphatic rings. The summed E-state index contributed by atoms with van der Waals surface area (Å²) in [5.41, 5.74) is 2.08. The van der Waals surface area contributed by atoms with E-state index in [0.29, 0.717) is 6.42 Å². The number of benzene rings is 2. The fourth-order valence-corrected chi connectivity index (χ4v) is 2.30. The monoisotopic (exact) mass is 302 g/mol. The Labute approximate surface area is 116 Å². The molecular weight excluding hydrogens is 288 g/mol. The molecule has 2 aromatic carbocycles. The fraction of sp³-hybridized carbons (Fsp3) is 0.188. The molecule has 0 unspecified atom stereocenters. The molecule has 0 aromatic heterocycles. The molecule has 0 saturated carbocycles. The second kappa shape index (κ2) is 6.50. The molecule has 18 heavy (non-hydrogen) atoms. The third-order valence-electron chi connectivity index (χ3n) is 2.86. The van der Waals surface area contributed by atoms with Gasteiger partial charge >= 0.3 is 0 Å². The topological polar surface area (TPSA) is 17.1 Å². The minimum Gasteiger partial charge on any atom is -0.294 e. The fourth-order valence-electron chi connectivity index (χ4n) is 1.90. The molecule has 2 rings (SSSR count). The van der Waals surface area contributed by atoms with E-state index in [4.69, 9.17) is 0 Å². The molecule has 0 spiro atoms.